The minimum Gasteiger partial charge on any atom is -0.351 e. The van der Waals surface area contributed by atoms with Gasteiger partial charge in [-0.05, 0) is 43.7 Å². The maximum Gasteiger partial charge on any atom is 0.261 e. The zero-order chi connectivity index (χ0) is 12.3. The van der Waals surface area contributed by atoms with Crippen LogP contribution in [0, 0.1) is 0 Å². The fourth-order valence-electron chi connectivity index (χ4n) is 2.07. The van der Waals surface area contributed by atoms with Gasteiger partial charge in [0, 0.05) is 16.2 Å². The molecule has 0 radical (unpaired) electrons. The quantitative estimate of drug-likeness (QED) is 0.827. The van der Waals surface area contributed by atoms with Crippen LogP contribution in [0.25, 0.3) is 0 Å². The maximum absolute atomic E-state index is 11.9. The Morgan fingerprint density at radius 3 is 3.12 bits per heavy atom. The smallest absolute Gasteiger partial charge is 0.261 e. The van der Waals surface area contributed by atoms with Gasteiger partial charge >= 0.3 is 0 Å². The molecule has 2 nitrogen and oxygen atoms in total. The van der Waals surface area contributed by atoms with Crippen LogP contribution in [0.1, 0.15) is 46.3 Å². The van der Waals surface area contributed by atoms with Gasteiger partial charge in [0.2, 0.25) is 0 Å². The van der Waals surface area contributed by atoms with E-state index in [0.717, 1.165) is 37.1 Å². The second-order valence-electron chi connectivity index (χ2n) is 4.46. The molecular formula is C13H18BrNOS. The minimum atomic E-state index is 0.0974. The summed E-state index contributed by atoms with van der Waals surface area (Å²) in [4.78, 5) is 14.7. The van der Waals surface area contributed by atoms with Gasteiger partial charge in [-0.2, -0.15) is 0 Å². The third kappa shape index (κ3) is 3.32. The number of aryl methyl sites for hydroxylation is 2. The van der Waals surface area contributed by atoms with Crippen molar-refractivity contribution in [2.75, 3.05) is 6.54 Å². The van der Waals surface area contributed by atoms with Crippen LogP contribution in [0.3, 0.4) is 0 Å². The van der Waals surface area contributed by atoms with E-state index < -0.39 is 0 Å². The Kier molecular flexibility index (Phi) is 4.62. The van der Waals surface area contributed by atoms with E-state index in [1.54, 1.807) is 11.3 Å². The van der Waals surface area contributed by atoms with Crippen molar-refractivity contribution in [1.29, 1.82) is 0 Å². The highest BCUT2D eigenvalue weighted by Crippen LogP contribution is 2.30. The van der Waals surface area contributed by atoms with Gasteiger partial charge in [0.25, 0.3) is 5.91 Å². The molecule has 1 aliphatic rings. The van der Waals surface area contributed by atoms with E-state index >= 15 is 0 Å². The van der Waals surface area contributed by atoms with Crippen molar-refractivity contribution in [2.45, 2.75) is 43.9 Å². The largest absolute Gasteiger partial charge is 0.351 e. The van der Waals surface area contributed by atoms with Crippen LogP contribution < -0.4 is 5.32 Å². The summed E-state index contributed by atoms with van der Waals surface area (Å²) < 4.78 is 0. The molecule has 0 aliphatic heterocycles. The fourth-order valence-corrected chi connectivity index (χ4v) is 3.47. The van der Waals surface area contributed by atoms with Crippen LogP contribution in [0.4, 0.5) is 0 Å². The van der Waals surface area contributed by atoms with Gasteiger partial charge in [-0.25, -0.2) is 0 Å². The summed E-state index contributed by atoms with van der Waals surface area (Å²) >= 11 is 5.24. The molecule has 1 amide bonds. The summed E-state index contributed by atoms with van der Waals surface area (Å²) in [6.07, 6.45) is 5.66. The number of carbonyl (C=O) groups excluding carboxylic acids is 1. The van der Waals surface area contributed by atoms with Crippen molar-refractivity contribution >= 4 is 33.2 Å². The van der Waals surface area contributed by atoms with Crippen LogP contribution in [-0.4, -0.2) is 17.3 Å². The number of halogens is 1. The normalized spacial score (nSPS) is 15.6. The third-order valence-electron chi connectivity index (χ3n) is 3.16. The molecule has 2 rings (SSSR count). The summed E-state index contributed by atoms with van der Waals surface area (Å²) in [6, 6.07) is 2.08. The molecule has 4 heteroatoms. The Balaban J connectivity index is 1.83. The average Bonchev–Trinajstić information content (AvgIpc) is 2.88. The van der Waals surface area contributed by atoms with Crippen LogP contribution in [0.2, 0.25) is 0 Å². The van der Waals surface area contributed by atoms with E-state index in [2.05, 4.69) is 34.2 Å². The number of fused-ring (bicyclic) bond motifs is 1. The van der Waals surface area contributed by atoms with Crippen molar-refractivity contribution in [3.63, 3.8) is 0 Å². The molecule has 1 unspecified atom stereocenters. The highest BCUT2D eigenvalue weighted by molar-refractivity contribution is 9.09. The second-order valence-corrected chi connectivity index (χ2v) is 6.89. The summed E-state index contributed by atoms with van der Waals surface area (Å²) in [5.41, 5.74) is 1.40. The van der Waals surface area contributed by atoms with Crippen LogP contribution in [0.5, 0.6) is 0 Å². The fraction of sp³-hybridized carbons (Fsp3) is 0.615. The minimum absolute atomic E-state index is 0.0974. The molecule has 0 fully saturated rings. The number of hydrogen-bond acceptors (Lipinski definition) is 2. The Labute approximate surface area is 115 Å². The molecular weight excluding hydrogens is 298 g/mol. The first-order valence-electron chi connectivity index (χ1n) is 6.24. The van der Waals surface area contributed by atoms with Crippen molar-refractivity contribution in [3.05, 3.63) is 21.4 Å². The molecule has 0 saturated carbocycles. The van der Waals surface area contributed by atoms with Gasteiger partial charge in [-0.15, -0.1) is 11.3 Å². The average molecular weight is 316 g/mol. The lowest BCUT2D eigenvalue weighted by atomic mass is 10.2. The summed E-state index contributed by atoms with van der Waals surface area (Å²) in [7, 11) is 0. The second kappa shape index (κ2) is 6.01. The van der Waals surface area contributed by atoms with Crippen LogP contribution in [0.15, 0.2) is 6.07 Å². The number of hydrogen-bond donors (Lipinski definition) is 1. The summed E-state index contributed by atoms with van der Waals surface area (Å²) in [5, 5.41) is 2.99. The number of alkyl halides is 1. The maximum atomic E-state index is 11.9. The van der Waals surface area contributed by atoms with E-state index in [9.17, 15) is 4.79 Å². The van der Waals surface area contributed by atoms with Crippen LogP contribution in [-0.2, 0) is 12.8 Å². The Bertz CT molecular complexity index is 381. The van der Waals surface area contributed by atoms with Crippen molar-refractivity contribution in [2.24, 2.45) is 0 Å². The Hall–Kier alpha value is -0.350. The number of rotatable bonds is 5. The predicted molar refractivity (Wildman–Crippen MR) is 76.3 cm³/mol. The van der Waals surface area contributed by atoms with Gasteiger partial charge in [0.15, 0.2) is 0 Å². The van der Waals surface area contributed by atoms with Gasteiger partial charge in [0.1, 0.15) is 0 Å². The molecule has 1 N–H and O–H groups in total. The molecule has 0 aromatic carbocycles. The first kappa shape index (κ1) is 13.1. The van der Waals surface area contributed by atoms with E-state index in [4.69, 9.17) is 0 Å². The lowest BCUT2D eigenvalue weighted by Crippen LogP contribution is -2.25. The molecule has 0 spiro atoms. The monoisotopic (exact) mass is 315 g/mol. The lowest BCUT2D eigenvalue weighted by molar-refractivity contribution is 0.0957. The standard InChI is InChI=1S/C13H18BrNOS/c1-2-10(14)6-7-15-13(16)12-8-9-4-3-5-11(9)17-12/h8,10H,2-7H2,1H3,(H,15,16). The zero-order valence-corrected chi connectivity index (χ0v) is 12.5. The van der Waals surface area contributed by atoms with E-state index in [0.29, 0.717) is 4.83 Å². The van der Waals surface area contributed by atoms with E-state index in [1.165, 1.54) is 16.9 Å². The first-order chi connectivity index (χ1) is 8.20. The number of amides is 1. The van der Waals surface area contributed by atoms with Gasteiger partial charge in [-0.1, -0.05) is 22.9 Å². The molecule has 0 saturated heterocycles. The van der Waals surface area contributed by atoms with Crippen LogP contribution >= 0.6 is 27.3 Å². The van der Waals surface area contributed by atoms with Crippen molar-refractivity contribution in [3.8, 4) is 0 Å². The number of nitrogens with one attached hydrogen (secondary N) is 1. The number of carbonyl (C=O) groups is 1. The summed E-state index contributed by atoms with van der Waals surface area (Å²) in [5.74, 6) is 0.0974. The molecule has 94 valence electrons. The number of thiophene rings is 1. The topological polar surface area (TPSA) is 29.1 Å². The molecule has 17 heavy (non-hydrogen) atoms. The van der Waals surface area contributed by atoms with Gasteiger partial charge in [-0.3, -0.25) is 4.79 Å². The molecule has 1 atom stereocenters. The Morgan fingerprint density at radius 2 is 2.41 bits per heavy atom. The van der Waals surface area contributed by atoms with Crippen molar-refractivity contribution < 1.29 is 4.79 Å². The third-order valence-corrected chi connectivity index (χ3v) is 5.50. The highest BCUT2D eigenvalue weighted by atomic mass is 79.9. The highest BCUT2D eigenvalue weighted by Gasteiger charge is 2.18. The first-order valence-corrected chi connectivity index (χ1v) is 7.97. The molecule has 1 aliphatic carbocycles. The molecule has 1 aromatic rings. The summed E-state index contributed by atoms with van der Waals surface area (Å²) in [6.45, 7) is 2.90. The SMILES string of the molecule is CCC(Br)CCNC(=O)c1cc2c(s1)CCC2. The molecule has 1 aromatic heterocycles. The molecule has 0 bridgehead atoms. The van der Waals surface area contributed by atoms with Gasteiger partial charge in [0.05, 0.1) is 4.88 Å². The zero-order valence-electron chi connectivity index (χ0n) is 10.1. The lowest BCUT2D eigenvalue weighted by Gasteiger charge is -2.07. The van der Waals surface area contributed by atoms with E-state index in [-0.39, 0.29) is 5.91 Å². The van der Waals surface area contributed by atoms with Crippen molar-refractivity contribution in [1.82, 2.24) is 5.32 Å². The van der Waals surface area contributed by atoms with E-state index in [1.807, 2.05) is 0 Å². The van der Waals surface area contributed by atoms with Gasteiger partial charge < -0.3 is 5.32 Å². The molecule has 1 heterocycles. The Morgan fingerprint density at radius 1 is 1.59 bits per heavy atom. The predicted octanol–water partition coefficient (Wildman–Crippen LogP) is 3.53.